The molecule has 5 heteroatoms. The lowest BCUT2D eigenvalue weighted by molar-refractivity contribution is 0.268. The summed E-state index contributed by atoms with van der Waals surface area (Å²) >= 11 is 0. The molecule has 0 amide bonds. The van der Waals surface area contributed by atoms with Gasteiger partial charge in [0.2, 0.25) is 5.88 Å². The maximum absolute atomic E-state index is 9.07. The summed E-state index contributed by atoms with van der Waals surface area (Å²) in [7, 11) is 1.55. The number of aromatic nitrogens is 2. The number of nitrogens with two attached hydrogens (primary N) is 1. The van der Waals surface area contributed by atoms with Gasteiger partial charge in [-0.3, -0.25) is 4.98 Å². The van der Waals surface area contributed by atoms with Gasteiger partial charge in [0.15, 0.2) is 0 Å². The molecule has 0 spiro atoms. The maximum atomic E-state index is 9.07. The highest BCUT2D eigenvalue weighted by Crippen LogP contribution is 2.21. The lowest BCUT2D eigenvalue weighted by Crippen LogP contribution is -2.15. The van der Waals surface area contributed by atoms with Gasteiger partial charge in [0, 0.05) is 17.8 Å². The molecule has 16 heavy (non-hydrogen) atoms. The fourth-order valence-electron chi connectivity index (χ4n) is 1.54. The molecule has 0 saturated heterocycles. The molecule has 3 N–H and O–H groups in total. The summed E-state index contributed by atoms with van der Waals surface area (Å²) in [6.45, 7) is -0.127. The largest absolute Gasteiger partial charge is 0.481 e. The summed E-state index contributed by atoms with van der Waals surface area (Å²) in [5.74, 6) is 0.506. The lowest BCUT2D eigenvalue weighted by Gasteiger charge is -2.11. The van der Waals surface area contributed by atoms with Crippen LogP contribution in [0.5, 0.6) is 5.88 Å². The SMILES string of the molecule is COc1ccc2nccc(C(N)CO)c2n1. The van der Waals surface area contributed by atoms with Crippen molar-refractivity contribution in [3.05, 3.63) is 30.0 Å². The number of aliphatic hydroxyl groups excluding tert-OH is 1. The van der Waals surface area contributed by atoms with Gasteiger partial charge in [0.25, 0.3) is 0 Å². The number of hydrogen-bond donors (Lipinski definition) is 2. The number of ether oxygens (including phenoxy) is 1. The van der Waals surface area contributed by atoms with E-state index < -0.39 is 6.04 Å². The minimum absolute atomic E-state index is 0.127. The third-order valence-electron chi connectivity index (χ3n) is 2.39. The highest BCUT2D eigenvalue weighted by molar-refractivity contribution is 5.78. The molecule has 0 aliphatic carbocycles. The van der Waals surface area contributed by atoms with E-state index in [4.69, 9.17) is 15.6 Å². The van der Waals surface area contributed by atoms with Crippen molar-refractivity contribution in [2.45, 2.75) is 6.04 Å². The molecule has 0 aliphatic heterocycles. The standard InChI is InChI=1S/C11H13N3O2/c1-16-10-3-2-9-11(14-10)7(4-5-13-9)8(12)6-15/h2-5,8,15H,6,12H2,1H3. The van der Waals surface area contributed by atoms with Gasteiger partial charge in [-0.25, -0.2) is 4.98 Å². The quantitative estimate of drug-likeness (QED) is 0.791. The van der Waals surface area contributed by atoms with E-state index in [2.05, 4.69) is 9.97 Å². The Balaban J connectivity index is 2.64. The number of methoxy groups -OCH3 is 1. The molecular formula is C11H13N3O2. The summed E-state index contributed by atoms with van der Waals surface area (Å²) in [4.78, 5) is 8.47. The number of aliphatic hydroxyl groups is 1. The van der Waals surface area contributed by atoms with Crippen LogP contribution >= 0.6 is 0 Å². The molecule has 0 aromatic carbocycles. The van der Waals surface area contributed by atoms with E-state index >= 15 is 0 Å². The minimum Gasteiger partial charge on any atom is -0.481 e. The normalized spacial score (nSPS) is 12.7. The van der Waals surface area contributed by atoms with Crippen LogP contribution in [0.25, 0.3) is 11.0 Å². The van der Waals surface area contributed by atoms with Crippen molar-refractivity contribution in [3.8, 4) is 5.88 Å². The Labute approximate surface area is 92.9 Å². The van der Waals surface area contributed by atoms with Gasteiger partial charge in [-0.2, -0.15) is 0 Å². The third kappa shape index (κ3) is 1.82. The first-order valence-electron chi connectivity index (χ1n) is 4.92. The van der Waals surface area contributed by atoms with E-state index in [0.29, 0.717) is 11.4 Å². The van der Waals surface area contributed by atoms with E-state index in [1.54, 1.807) is 25.4 Å². The second-order valence-corrected chi connectivity index (χ2v) is 3.41. The zero-order chi connectivity index (χ0) is 11.5. The summed E-state index contributed by atoms with van der Waals surface area (Å²) in [5, 5.41) is 9.07. The van der Waals surface area contributed by atoms with E-state index in [9.17, 15) is 0 Å². The van der Waals surface area contributed by atoms with Crippen molar-refractivity contribution in [1.82, 2.24) is 9.97 Å². The zero-order valence-electron chi connectivity index (χ0n) is 8.92. The number of hydrogen-bond acceptors (Lipinski definition) is 5. The average Bonchev–Trinajstić information content (AvgIpc) is 2.36. The number of rotatable bonds is 3. The number of fused-ring (bicyclic) bond motifs is 1. The minimum atomic E-state index is -0.454. The highest BCUT2D eigenvalue weighted by atomic mass is 16.5. The molecule has 84 valence electrons. The highest BCUT2D eigenvalue weighted by Gasteiger charge is 2.11. The van der Waals surface area contributed by atoms with Gasteiger partial charge in [-0.1, -0.05) is 0 Å². The van der Waals surface area contributed by atoms with Crippen LogP contribution in [0.2, 0.25) is 0 Å². The first-order valence-corrected chi connectivity index (χ1v) is 4.92. The van der Waals surface area contributed by atoms with E-state index in [1.165, 1.54) is 0 Å². The summed E-state index contributed by atoms with van der Waals surface area (Å²) in [6.07, 6.45) is 1.65. The van der Waals surface area contributed by atoms with Crippen LogP contribution in [0.15, 0.2) is 24.4 Å². The number of pyridine rings is 2. The number of nitrogens with zero attached hydrogens (tertiary/aromatic N) is 2. The summed E-state index contributed by atoms with van der Waals surface area (Å²) in [6, 6.07) is 4.86. The Morgan fingerprint density at radius 3 is 2.94 bits per heavy atom. The second-order valence-electron chi connectivity index (χ2n) is 3.41. The molecule has 5 nitrogen and oxygen atoms in total. The monoisotopic (exact) mass is 219 g/mol. The second kappa shape index (κ2) is 4.42. The van der Waals surface area contributed by atoms with Crippen LogP contribution in [0.4, 0.5) is 0 Å². The van der Waals surface area contributed by atoms with Crippen LogP contribution in [0.1, 0.15) is 11.6 Å². The molecule has 0 aliphatic rings. The Bertz CT molecular complexity index is 502. The van der Waals surface area contributed by atoms with Crippen LogP contribution in [0, 0.1) is 0 Å². The van der Waals surface area contributed by atoms with Gasteiger partial charge < -0.3 is 15.6 Å². The first-order chi connectivity index (χ1) is 7.76. The molecule has 2 aromatic rings. The summed E-state index contributed by atoms with van der Waals surface area (Å²) < 4.78 is 5.05. The Kier molecular flexibility index (Phi) is 2.98. The molecule has 1 atom stereocenters. The van der Waals surface area contributed by atoms with E-state index in [-0.39, 0.29) is 6.61 Å². The van der Waals surface area contributed by atoms with Crippen LogP contribution in [0.3, 0.4) is 0 Å². The van der Waals surface area contributed by atoms with Gasteiger partial charge in [-0.15, -0.1) is 0 Å². The molecule has 1 unspecified atom stereocenters. The smallest absolute Gasteiger partial charge is 0.213 e. The summed E-state index contributed by atoms with van der Waals surface area (Å²) in [5.41, 5.74) is 7.97. The van der Waals surface area contributed by atoms with Gasteiger partial charge >= 0.3 is 0 Å². The van der Waals surface area contributed by atoms with Crippen LogP contribution in [-0.2, 0) is 0 Å². The molecule has 2 rings (SSSR count). The Morgan fingerprint density at radius 2 is 2.25 bits per heavy atom. The van der Waals surface area contributed by atoms with Crippen molar-refractivity contribution < 1.29 is 9.84 Å². The van der Waals surface area contributed by atoms with Gasteiger partial charge in [0.1, 0.15) is 0 Å². The van der Waals surface area contributed by atoms with Crippen molar-refractivity contribution in [1.29, 1.82) is 0 Å². The molecule has 0 saturated carbocycles. The lowest BCUT2D eigenvalue weighted by atomic mass is 10.1. The maximum Gasteiger partial charge on any atom is 0.213 e. The van der Waals surface area contributed by atoms with Crippen molar-refractivity contribution in [3.63, 3.8) is 0 Å². The molecule has 0 bridgehead atoms. The molecule has 0 fully saturated rings. The molecular weight excluding hydrogens is 206 g/mol. The van der Waals surface area contributed by atoms with Gasteiger partial charge in [0.05, 0.1) is 30.8 Å². The Hall–Kier alpha value is -1.72. The molecule has 2 heterocycles. The Morgan fingerprint density at radius 1 is 1.44 bits per heavy atom. The average molecular weight is 219 g/mol. The van der Waals surface area contributed by atoms with E-state index in [1.807, 2.05) is 6.07 Å². The predicted molar refractivity (Wildman–Crippen MR) is 60.1 cm³/mol. The zero-order valence-corrected chi connectivity index (χ0v) is 8.92. The third-order valence-corrected chi connectivity index (χ3v) is 2.39. The fraction of sp³-hybridized carbons (Fsp3) is 0.273. The molecule has 0 radical (unpaired) electrons. The van der Waals surface area contributed by atoms with Crippen molar-refractivity contribution in [2.24, 2.45) is 5.73 Å². The van der Waals surface area contributed by atoms with Crippen LogP contribution < -0.4 is 10.5 Å². The topological polar surface area (TPSA) is 81.3 Å². The predicted octanol–water partition coefficient (Wildman–Crippen LogP) is 0.631. The van der Waals surface area contributed by atoms with Crippen molar-refractivity contribution >= 4 is 11.0 Å². The fourth-order valence-corrected chi connectivity index (χ4v) is 1.54. The molecule has 2 aromatic heterocycles. The van der Waals surface area contributed by atoms with Crippen molar-refractivity contribution in [2.75, 3.05) is 13.7 Å². The van der Waals surface area contributed by atoms with E-state index in [0.717, 1.165) is 11.1 Å². The van der Waals surface area contributed by atoms with Gasteiger partial charge in [-0.05, 0) is 12.1 Å². The van der Waals surface area contributed by atoms with Crippen LogP contribution in [-0.4, -0.2) is 28.8 Å². The first kappa shape index (κ1) is 10.8.